The Labute approximate surface area is 143 Å². The Balaban J connectivity index is 1.63. The van der Waals surface area contributed by atoms with Crippen LogP contribution < -0.4 is 5.43 Å². The van der Waals surface area contributed by atoms with Crippen LogP contribution in [0.2, 0.25) is 0 Å². The summed E-state index contributed by atoms with van der Waals surface area (Å²) in [5.41, 5.74) is 0.581. The first-order valence-corrected chi connectivity index (χ1v) is 8.90. The number of likely N-dealkylation sites (tertiary alicyclic amines) is 1. The molecule has 6 heteroatoms. The number of carbonyl (C=O) groups excluding carboxylic acids is 1. The van der Waals surface area contributed by atoms with Crippen LogP contribution in [0.15, 0.2) is 52.8 Å². The third kappa shape index (κ3) is 2.63. The fourth-order valence-electron chi connectivity index (χ4n) is 3.35. The summed E-state index contributed by atoms with van der Waals surface area (Å²) < 4.78 is 1.63. The van der Waals surface area contributed by atoms with Gasteiger partial charge in [0.2, 0.25) is 11.3 Å². The second-order valence-electron chi connectivity index (χ2n) is 5.94. The highest BCUT2D eigenvalue weighted by Crippen LogP contribution is 2.34. The van der Waals surface area contributed by atoms with Gasteiger partial charge in [-0.25, -0.2) is 0 Å². The van der Waals surface area contributed by atoms with Gasteiger partial charge in [-0.2, -0.15) is 5.10 Å². The van der Waals surface area contributed by atoms with Crippen molar-refractivity contribution in [3.8, 4) is 0 Å². The van der Waals surface area contributed by atoms with E-state index in [-0.39, 0.29) is 23.9 Å². The van der Waals surface area contributed by atoms with Crippen LogP contribution >= 0.6 is 11.3 Å². The molecule has 4 rings (SSSR count). The Morgan fingerprint density at radius 2 is 2.12 bits per heavy atom. The molecule has 1 aliphatic rings. The standard InChI is InChI=1S/C18H17N3O2S/c22-16-11-19-21(14-6-2-1-5-13(14)16)12-18(23)20-9-3-7-15(20)17-8-4-10-24-17/h1-2,4-6,8,10-11,15H,3,7,9,12H2/t15-/m1/s1. The summed E-state index contributed by atoms with van der Waals surface area (Å²) in [6, 6.07) is 11.6. The number of para-hydroxylation sites is 1. The molecule has 0 unspecified atom stereocenters. The van der Waals surface area contributed by atoms with Crippen molar-refractivity contribution in [2.24, 2.45) is 0 Å². The molecule has 122 valence electrons. The minimum atomic E-state index is -0.119. The molecule has 0 radical (unpaired) electrons. The number of nitrogens with zero attached hydrogens (tertiary/aromatic N) is 3. The van der Waals surface area contributed by atoms with Crippen molar-refractivity contribution in [3.05, 3.63) is 63.1 Å². The van der Waals surface area contributed by atoms with Crippen LogP contribution in [0.3, 0.4) is 0 Å². The Kier molecular flexibility index (Phi) is 3.90. The van der Waals surface area contributed by atoms with Gasteiger partial charge < -0.3 is 4.90 Å². The van der Waals surface area contributed by atoms with Crippen LogP contribution in [0.4, 0.5) is 0 Å². The van der Waals surface area contributed by atoms with Gasteiger partial charge in [-0.15, -0.1) is 11.3 Å². The van der Waals surface area contributed by atoms with Gasteiger partial charge in [0.1, 0.15) is 6.54 Å². The molecule has 1 amide bonds. The lowest BCUT2D eigenvalue weighted by molar-refractivity contribution is -0.132. The summed E-state index contributed by atoms with van der Waals surface area (Å²) in [7, 11) is 0. The lowest BCUT2D eigenvalue weighted by Gasteiger charge is -2.24. The Bertz CT molecular complexity index is 933. The van der Waals surface area contributed by atoms with E-state index < -0.39 is 0 Å². The molecule has 2 aromatic heterocycles. The average molecular weight is 339 g/mol. The quantitative estimate of drug-likeness (QED) is 0.737. The smallest absolute Gasteiger partial charge is 0.244 e. The number of amides is 1. The largest absolute Gasteiger partial charge is 0.333 e. The number of fused-ring (bicyclic) bond motifs is 1. The SMILES string of the molecule is O=C(Cn1ncc(=O)c2ccccc21)N1CCC[C@@H]1c1cccs1. The fraction of sp³-hybridized carbons (Fsp3) is 0.278. The van der Waals surface area contributed by atoms with E-state index in [1.807, 2.05) is 34.5 Å². The van der Waals surface area contributed by atoms with Gasteiger partial charge in [0.15, 0.2) is 0 Å². The van der Waals surface area contributed by atoms with Gasteiger partial charge in [-0.3, -0.25) is 14.3 Å². The van der Waals surface area contributed by atoms with Crippen molar-refractivity contribution in [1.82, 2.24) is 14.7 Å². The second kappa shape index (κ2) is 6.20. The molecule has 0 spiro atoms. The number of thiophene rings is 1. The highest BCUT2D eigenvalue weighted by molar-refractivity contribution is 7.10. The summed E-state index contributed by atoms with van der Waals surface area (Å²) in [5, 5.41) is 6.81. The van der Waals surface area contributed by atoms with Crippen molar-refractivity contribution in [2.75, 3.05) is 6.54 Å². The summed E-state index contributed by atoms with van der Waals surface area (Å²) in [6.45, 7) is 0.933. The van der Waals surface area contributed by atoms with Gasteiger partial charge >= 0.3 is 0 Å². The molecular formula is C18H17N3O2S. The van der Waals surface area contributed by atoms with E-state index >= 15 is 0 Å². The molecule has 1 aliphatic heterocycles. The maximum atomic E-state index is 12.8. The average Bonchev–Trinajstić information content (AvgIpc) is 3.28. The van der Waals surface area contributed by atoms with Crippen molar-refractivity contribution >= 4 is 28.1 Å². The van der Waals surface area contributed by atoms with Gasteiger partial charge in [-0.05, 0) is 36.4 Å². The van der Waals surface area contributed by atoms with Crippen molar-refractivity contribution < 1.29 is 4.79 Å². The Morgan fingerprint density at radius 1 is 1.25 bits per heavy atom. The van der Waals surface area contributed by atoms with E-state index in [0.717, 1.165) is 19.4 Å². The molecule has 3 heterocycles. The second-order valence-corrected chi connectivity index (χ2v) is 6.92. The maximum absolute atomic E-state index is 12.8. The zero-order chi connectivity index (χ0) is 16.5. The van der Waals surface area contributed by atoms with Gasteiger partial charge in [0.25, 0.3) is 0 Å². The highest BCUT2D eigenvalue weighted by atomic mass is 32.1. The Hall–Kier alpha value is -2.47. The topological polar surface area (TPSA) is 55.2 Å². The first-order chi connectivity index (χ1) is 11.7. The van der Waals surface area contributed by atoms with E-state index in [1.54, 1.807) is 22.1 Å². The zero-order valence-corrected chi connectivity index (χ0v) is 13.9. The predicted molar refractivity (Wildman–Crippen MR) is 94.0 cm³/mol. The normalized spacial score (nSPS) is 17.5. The molecule has 5 nitrogen and oxygen atoms in total. The first kappa shape index (κ1) is 15.1. The van der Waals surface area contributed by atoms with Crippen LogP contribution in [0.25, 0.3) is 10.9 Å². The van der Waals surface area contributed by atoms with Crippen LogP contribution in [0.1, 0.15) is 23.8 Å². The lowest BCUT2D eigenvalue weighted by atomic mass is 10.2. The summed E-state index contributed by atoms with van der Waals surface area (Å²) >= 11 is 1.69. The summed E-state index contributed by atoms with van der Waals surface area (Å²) in [5.74, 6) is 0.0483. The first-order valence-electron chi connectivity index (χ1n) is 8.02. The van der Waals surface area contributed by atoms with Crippen molar-refractivity contribution in [1.29, 1.82) is 0 Å². The molecule has 0 aliphatic carbocycles. The molecule has 0 N–H and O–H groups in total. The van der Waals surface area contributed by atoms with Gasteiger partial charge in [0.05, 0.1) is 17.8 Å². The third-order valence-electron chi connectivity index (χ3n) is 4.49. The van der Waals surface area contributed by atoms with E-state index in [1.165, 1.54) is 11.1 Å². The predicted octanol–water partition coefficient (Wildman–Crippen LogP) is 2.82. The highest BCUT2D eigenvalue weighted by Gasteiger charge is 2.30. The molecular weight excluding hydrogens is 322 g/mol. The molecule has 0 saturated carbocycles. The summed E-state index contributed by atoms with van der Waals surface area (Å²) in [4.78, 5) is 27.9. The van der Waals surface area contributed by atoms with Crippen LogP contribution in [0, 0.1) is 0 Å². The minimum absolute atomic E-state index is 0.0483. The Morgan fingerprint density at radius 3 is 2.96 bits per heavy atom. The fourth-order valence-corrected chi connectivity index (χ4v) is 4.22. The van der Waals surface area contributed by atoms with E-state index in [9.17, 15) is 9.59 Å². The number of carbonyl (C=O) groups is 1. The molecule has 1 fully saturated rings. The lowest BCUT2D eigenvalue weighted by Crippen LogP contribution is -2.34. The monoisotopic (exact) mass is 339 g/mol. The van der Waals surface area contributed by atoms with Crippen LogP contribution in [-0.4, -0.2) is 27.1 Å². The molecule has 24 heavy (non-hydrogen) atoms. The molecule has 0 bridgehead atoms. The van der Waals surface area contributed by atoms with Crippen LogP contribution in [0.5, 0.6) is 0 Å². The minimum Gasteiger partial charge on any atom is -0.333 e. The molecule has 1 aromatic carbocycles. The van der Waals surface area contributed by atoms with E-state index in [0.29, 0.717) is 10.9 Å². The number of rotatable bonds is 3. The number of benzene rings is 1. The number of hydrogen-bond donors (Lipinski definition) is 0. The van der Waals surface area contributed by atoms with Gasteiger partial charge in [0, 0.05) is 16.8 Å². The van der Waals surface area contributed by atoms with Crippen molar-refractivity contribution in [2.45, 2.75) is 25.4 Å². The summed E-state index contributed by atoms with van der Waals surface area (Å²) in [6.07, 6.45) is 3.31. The van der Waals surface area contributed by atoms with E-state index in [2.05, 4.69) is 11.2 Å². The molecule has 1 saturated heterocycles. The van der Waals surface area contributed by atoms with Crippen LogP contribution in [-0.2, 0) is 11.3 Å². The van der Waals surface area contributed by atoms with E-state index in [4.69, 9.17) is 0 Å². The molecule has 1 atom stereocenters. The van der Waals surface area contributed by atoms with Crippen molar-refractivity contribution in [3.63, 3.8) is 0 Å². The maximum Gasteiger partial charge on any atom is 0.244 e. The number of hydrogen-bond acceptors (Lipinski definition) is 4. The third-order valence-corrected chi connectivity index (χ3v) is 5.47. The molecule has 3 aromatic rings. The van der Waals surface area contributed by atoms with Gasteiger partial charge in [-0.1, -0.05) is 18.2 Å². The zero-order valence-electron chi connectivity index (χ0n) is 13.1. The number of aromatic nitrogens is 2.